The van der Waals surface area contributed by atoms with Gasteiger partial charge in [0.15, 0.2) is 0 Å². The molecule has 0 saturated carbocycles. The van der Waals surface area contributed by atoms with Gasteiger partial charge in [0, 0.05) is 5.56 Å². The standard InChI is InChI=1S/C19H13ClO3/c20-19(21)14-5-4-8-18(13-14)23-17-11-9-16(10-12-17)22-15-6-2-1-3-7-15/h1-13H. The first-order valence-corrected chi connectivity index (χ1v) is 7.39. The number of rotatable bonds is 5. The number of carbonyl (C=O) groups is 1. The molecule has 0 spiro atoms. The van der Waals surface area contributed by atoms with Crippen LogP contribution in [0.5, 0.6) is 23.0 Å². The molecule has 23 heavy (non-hydrogen) atoms. The maximum absolute atomic E-state index is 11.2. The third-order valence-corrected chi connectivity index (χ3v) is 3.32. The van der Waals surface area contributed by atoms with Gasteiger partial charge in [0.25, 0.3) is 5.24 Å². The Bertz CT molecular complexity index is 798. The minimum Gasteiger partial charge on any atom is -0.457 e. The molecule has 0 saturated heterocycles. The molecule has 0 heterocycles. The second-order valence-corrected chi connectivity index (χ2v) is 5.13. The van der Waals surface area contributed by atoms with E-state index in [1.165, 1.54) is 0 Å². The van der Waals surface area contributed by atoms with Crippen molar-refractivity contribution in [1.29, 1.82) is 0 Å². The number of hydrogen-bond acceptors (Lipinski definition) is 3. The highest BCUT2D eigenvalue weighted by Gasteiger charge is 2.04. The Hall–Kier alpha value is -2.78. The molecule has 0 aliphatic rings. The summed E-state index contributed by atoms with van der Waals surface area (Å²) in [6.07, 6.45) is 0. The van der Waals surface area contributed by atoms with E-state index >= 15 is 0 Å². The summed E-state index contributed by atoms with van der Waals surface area (Å²) >= 11 is 5.46. The summed E-state index contributed by atoms with van der Waals surface area (Å²) < 4.78 is 11.4. The summed E-state index contributed by atoms with van der Waals surface area (Å²) in [6, 6.07) is 23.5. The summed E-state index contributed by atoms with van der Waals surface area (Å²) in [5.41, 5.74) is 0.396. The van der Waals surface area contributed by atoms with E-state index in [2.05, 4.69) is 0 Å². The number of hydrogen-bond donors (Lipinski definition) is 0. The van der Waals surface area contributed by atoms with Crippen molar-refractivity contribution in [2.75, 3.05) is 0 Å². The second-order valence-electron chi connectivity index (χ2n) is 4.79. The number of benzene rings is 3. The minimum atomic E-state index is -0.512. The lowest BCUT2D eigenvalue weighted by Gasteiger charge is -2.08. The van der Waals surface area contributed by atoms with E-state index in [0.29, 0.717) is 22.8 Å². The fourth-order valence-electron chi connectivity index (χ4n) is 2.02. The molecule has 3 aromatic carbocycles. The van der Waals surface area contributed by atoms with Crippen LogP contribution in [0.1, 0.15) is 10.4 Å². The van der Waals surface area contributed by atoms with Gasteiger partial charge in [-0.3, -0.25) is 4.79 Å². The van der Waals surface area contributed by atoms with E-state index in [-0.39, 0.29) is 0 Å². The molecule has 4 heteroatoms. The zero-order valence-electron chi connectivity index (χ0n) is 12.1. The van der Waals surface area contributed by atoms with Crippen LogP contribution >= 0.6 is 11.6 Å². The average molecular weight is 325 g/mol. The molecule has 0 radical (unpaired) electrons. The lowest BCUT2D eigenvalue weighted by atomic mass is 10.2. The van der Waals surface area contributed by atoms with Crippen molar-refractivity contribution < 1.29 is 14.3 Å². The van der Waals surface area contributed by atoms with Gasteiger partial charge in [-0.1, -0.05) is 24.3 Å². The van der Waals surface area contributed by atoms with Crippen molar-refractivity contribution in [2.24, 2.45) is 0 Å². The Morgan fingerprint density at radius 2 is 1.17 bits per heavy atom. The predicted molar refractivity (Wildman–Crippen MR) is 89.7 cm³/mol. The van der Waals surface area contributed by atoms with E-state index < -0.39 is 5.24 Å². The van der Waals surface area contributed by atoms with E-state index in [1.807, 2.05) is 42.5 Å². The first kappa shape index (κ1) is 15.1. The summed E-state index contributed by atoms with van der Waals surface area (Å²) in [5, 5.41) is -0.512. The third kappa shape index (κ3) is 4.11. The van der Waals surface area contributed by atoms with E-state index in [1.54, 1.807) is 36.4 Å². The Balaban J connectivity index is 1.70. The van der Waals surface area contributed by atoms with Gasteiger partial charge >= 0.3 is 0 Å². The van der Waals surface area contributed by atoms with Crippen molar-refractivity contribution in [3.05, 3.63) is 84.4 Å². The van der Waals surface area contributed by atoms with Crippen LogP contribution in [-0.2, 0) is 0 Å². The van der Waals surface area contributed by atoms with Crippen LogP contribution in [0.2, 0.25) is 0 Å². The first-order chi connectivity index (χ1) is 11.2. The Morgan fingerprint density at radius 1 is 0.652 bits per heavy atom. The molecule has 0 atom stereocenters. The normalized spacial score (nSPS) is 10.1. The highest BCUT2D eigenvalue weighted by Crippen LogP contribution is 2.27. The van der Waals surface area contributed by atoms with Crippen LogP contribution in [-0.4, -0.2) is 5.24 Å². The molecule has 3 nitrogen and oxygen atoms in total. The van der Waals surface area contributed by atoms with Gasteiger partial charge in [0.2, 0.25) is 0 Å². The number of para-hydroxylation sites is 1. The lowest BCUT2D eigenvalue weighted by molar-refractivity contribution is 0.108. The molecule has 0 aliphatic heterocycles. The summed E-state index contributed by atoms with van der Waals surface area (Å²) in [7, 11) is 0. The van der Waals surface area contributed by atoms with Crippen LogP contribution in [0.3, 0.4) is 0 Å². The quantitative estimate of drug-likeness (QED) is 0.569. The van der Waals surface area contributed by atoms with Crippen molar-refractivity contribution >= 4 is 16.8 Å². The topological polar surface area (TPSA) is 35.5 Å². The molecular weight excluding hydrogens is 312 g/mol. The number of carbonyl (C=O) groups excluding carboxylic acids is 1. The van der Waals surface area contributed by atoms with Gasteiger partial charge < -0.3 is 9.47 Å². The molecule has 0 unspecified atom stereocenters. The Labute approximate surface area is 139 Å². The van der Waals surface area contributed by atoms with E-state index in [4.69, 9.17) is 21.1 Å². The third-order valence-electron chi connectivity index (χ3n) is 3.10. The molecule has 0 aliphatic carbocycles. The van der Waals surface area contributed by atoms with Crippen molar-refractivity contribution in [3.8, 4) is 23.0 Å². The summed E-state index contributed by atoms with van der Waals surface area (Å²) in [6.45, 7) is 0. The minimum absolute atomic E-state index is 0.396. The Kier molecular flexibility index (Phi) is 4.60. The van der Waals surface area contributed by atoms with Crippen LogP contribution in [0.25, 0.3) is 0 Å². The molecule has 3 rings (SSSR count). The van der Waals surface area contributed by atoms with Gasteiger partial charge in [-0.2, -0.15) is 0 Å². The zero-order valence-corrected chi connectivity index (χ0v) is 12.9. The van der Waals surface area contributed by atoms with E-state index in [0.717, 1.165) is 5.75 Å². The van der Waals surface area contributed by atoms with E-state index in [9.17, 15) is 4.79 Å². The highest BCUT2D eigenvalue weighted by atomic mass is 35.5. The maximum Gasteiger partial charge on any atom is 0.252 e. The van der Waals surface area contributed by atoms with Gasteiger partial charge in [0.1, 0.15) is 23.0 Å². The molecule has 114 valence electrons. The van der Waals surface area contributed by atoms with Crippen LogP contribution in [0, 0.1) is 0 Å². The van der Waals surface area contributed by atoms with Crippen molar-refractivity contribution in [1.82, 2.24) is 0 Å². The van der Waals surface area contributed by atoms with Crippen LogP contribution in [0.4, 0.5) is 0 Å². The number of halogens is 1. The summed E-state index contributed by atoms with van der Waals surface area (Å²) in [5.74, 6) is 2.68. The molecular formula is C19H13ClO3. The molecule has 0 bridgehead atoms. The fourth-order valence-corrected chi connectivity index (χ4v) is 2.14. The van der Waals surface area contributed by atoms with Crippen LogP contribution in [0.15, 0.2) is 78.9 Å². The lowest BCUT2D eigenvalue weighted by Crippen LogP contribution is -1.90. The second kappa shape index (κ2) is 6.99. The maximum atomic E-state index is 11.2. The van der Waals surface area contributed by atoms with Crippen molar-refractivity contribution in [2.45, 2.75) is 0 Å². The van der Waals surface area contributed by atoms with Gasteiger partial charge in [-0.05, 0) is 66.2 Å². The molecule has 0 fully saturated rings. The van der Waals surface area contributed by atoms with Gasteiger partial charge in [-0.25, -0.2) is 0 Å². The van der Waals surface area contributed by atoms with Crippen molar-refractivity contribution in [3.63, 3.8) is 0 Å². The van der Waals surface area contributed by atoms with Gasteiger partial charge in [-0.15, -0.1) is 0 Å². The Morgan fingerprint density at radius 3 is 1.78 bits per heavy atom. The average Bonchev–Trinajstić information content (AvgIpc) is 2.58. The fraction of sp³-hybridized carbons (Fsp3) is 0. The molecule has 0 amide bonds. The van der Waals surface area contributed by atoms with Gasteiger partial charge in [0.05, 0.1) is 0 Å². The SMILES string of the molecule is O=C(Cl)c1cccc(Oc2ccc(Oc3ccccc3)cc2)c1. The molecule has 3 aromatic rings. The zero-order chi connectivity index (χ0) is 16.1. The predicted octanol–water partition coefficient (Wildman–Crippen LogP) is 5.65. The molecule has 0 aromatic heterocycles. The van der Waals surface area contributed by atoms with Crippen LogP contribution < -0.4 is 9.47 Å². The first-order valence-electron chi connectivity index (χ1n) is 7.01. The summed E-state index contributed by atoms with van der Waals surface area (Å²) in [4.78, 5) is 11.2. The monoisotopic (exact) mass is 324 g/mol. The highest BCUT2D eigenvalue weighted by molar-refractivity contribution is 6.67. The smallest absolute Gasteiger partial charge is 0.252 e. The molecule has 0 N–H and O–H groups in total. The number of ether oxygens (including phenoxy) is 2. The largest absolute Gasteiger partial charge is 0.457 e.